The number of aryl methyl sites for hydroxylation is 1. The summed E-state index contributed by atoms with van der Waals surface area (Å²) in [5, 5.41) is 16.0. The van der Waals surface area contributed by atoms with Crippen molar-refractivity contribution in [2.24, 2.45) is 5.10 Å². The standard InChI is InChI=1S/C30H27N3O5/c1-18-12-13-22-21(16-18)28(19-8-4-3-5-9-19)29(30(37)31-22)23-17-24(20-10-6-7-11-25(20)38-2)33(32-23)26(34)14-15-27(35)36/h3-13,16,24H,14-15,17H2,1-2H3,(H,31,37)(H,35,36). The van der Waals surface area contributed by atoms with E-state index in [0.29, 0.717) is 22.5 Å². The van der Waals surface area contributed by atoms with Gasteiger partial charge in [0.15, 0.2) is 0 Å². The predicted molar refractivity (Wildman–Crippen MR) is 145 cm³/mol. The minimum absolute atomic E-state index is 0.212. The molecule has 2 heterocycles. The number of hydrogen-bond donors (Lipinski definition) is 2. The Hall–Kier alpha value is -4.72. The van der Waals surface area contributed by atoms with Crippen molar-refractivity contribution in [1.29, 1.82) is 0 Å². The molecule has 1 unspecified atom stereocenters. The molecule has 1 aromatic heterocycles. The Balaban J connectivity index is 1.71. The summed E-state index contributed by atoms with van der Waals surface area (Å²) in [7, 11) is 1.55. The monoisotopic (exact) mass is 509 g/mol. The van der Waals surface area contributed by atoms with E-state index in [0.717, 1.165) is 27.6 Å². The number of ether oxygens (including phenoxy) is 1. The smallest absolute Gasteiger partial charge is 0.303 e. The number of H-pyrrole nitrogens is 1. The van der Waals surface area contributed by atoms with Gasteiger partial charge < -0.3 is 14.8 Å². The molecule has 2 N–H and O–H groups in total. The van der Waals surface area contributed by atoms with Crippen molar-refractivity contribution in [3.05, 3.63) is 99.8 Å². The number of carboxylic acid groups (broad SMARTS) is 1. The number of carbonyl (C=O) groups excluding carboxylic acids is 1. The fourth-order valence-corrected chi connectivity index (χ4v) is 4.99. The first-order chi connectivity index (χ1) is 18.4. The molecule has 38 heavy (non-hydrogen) atoms. The van der Waals surface area contributed by atoms with Gasteiger partial charge >= 0.3 is 5.97 Å². The molecule has 0 aliphatic carbocycles. The summed E-state index contributed by atoms with van der Waals surface area (Å²) in [6, 6.07) is 22.3. The second kappa shape index (κ2) is 10.3. The van der Waals surface area contributed by atoms with Gasteiger partial charge in [-0.05, 0) is 30.7 Å². The Labute approximate surface area is 219 Å². The van der Waals surface area contributed by atoms with Crippen molar-refractivity contribution in [3.63, 3.8) is 0 Å². The van der Waals surface area contributed by atoms with Crippen LogP contribution >= 0.6 is 0 Å². The molecule has 1 aliphatic heterocycles. The zero-order chi connectivity index (χ0) is 26.8. The summed E-state index contributed by atoms with van der Waals surface area (Å²) in [6.07, 6.45) is -0.264. The van der Waals surface area contributed by atoms with Gasteiger partial charge in [0, 0.05) is 34.9 Å². The van der Waals surface area contributed by atoms with Crippen LogP contribution in [0.5, 0.6) is 5.75 Å². The van der Waals surface area contributed by atoms with Gasteiger partial charge in [-0.15, -0.1) is 0 Å². The van der Waals surface area contributed by atoms with E-state index in [4.69, 9.17) is 9.84 Å². The number of carboxylic acids is 1. The lowest BCUT2D eigenvalue weighted by molar-refractivity contribution is -0.141. The summed E-state index contributed by atoms with van der Waals surface area (Å²) in [6.45, 7) is 1.99. The lowest BCUT2D eigenvalue weighted by Gasteiger charge is -2.23. The number of rotatable bonds is 7. The van der Waals surface area contributed by atoms with Crippen LogP contribution < -0.4 is 10.3 Å². The topological polar surface area (TPSA) is 112 Å². The van der Waals surface area contributed by atoms with Crippen LogP contribution in [0.25, 0.3) is 22.0 Å². The number of nitrogens with zero attached hydrogens (tertiary/aromatic N) is 2. The zero-order valence-electron chi connectivity index (χ0n) is 21.1. The SMILES string of the molecule is COc1ccccc1C1CC(c2c(-c3ccccc3)c3cc(C)ccc3[nH]c2=O)=NN1C(=O)CCC(=O)O. The normalized spacial score (nSPS) is 14.9. The maximum Gasteiger partial charge on any atom is 0.303 e. The van der Waals surface area contributed by atoms with Crippen LogP contribution in [0.2, 0.25) is 0 Å². The number of nitrogens with one attached hydrogen (secondary N) is 1. The minimum atomic E-state index is -1.07. The van der Waals surface area contributed by atoms with Crippen molar-refractivity contribution < 1.29 is 19.4 Å². The Morgan fingerprint density at radius 2 is 1.76 bits per heavy atom. The molecule has 0 radical (unpaired) electrons. The molecule has 192 valence electrons. The van der Waals surface area contributed by atoms with E-state index in [1.165, 1.54) is 5.01 Å². The van der Waals surface area contributed by atoms with Gasteiger partial charge in [0.1, 0.15) is 5.75 Å². The number of benzene rings is 3. The summed E-state index contributed by atoms with van der Waals surface area (Å²) in [4.78, 5) is 41.0. The van der Waals surface area contributed by atoms with Crippen molar-refractivity contribution in [2.45, 2.75) is 32.2 Å². The summed E-state index contributed by atoms with van der Waals surface area (Å²) in [5.74, 6) is -0.924. The van der Waals surface area contributed by atoms with E-state index >= 15 is 0 Å². The minimum Gasteiger partial charge on any atom is -0.496 e. The summed E-state index contributed by atoms with van der Waals surface area (Å²) < 4.78 is 5.56. The first kappa shape index (κ1) is 25.0. The number of carbonyl (C=O) groups is 2. The molecule has 4 aromatic rings. The lowest BCUT2D eigenvalue weighted by Crippen LogP contribution is -2.27. The van der Waals surface area contributed by atoms with Gasteiger partial charge in [-0.25, -0.2) is 5.01 Å². The number of pyridine rings is 1. The number of aromatic nitrogens is 1. The highest BCUT2D eigenvalue weighted by atomic mass is 16.5. The van der Waals surface area contributed by atoms with Gasteiger partial charge in [-0.2, -0.15) is 5.10 Å². The van der Waals surface area contributed by atoms with Crippen LogP contribution in [0.15, 0.2) is 82.7 Å². The molecule has 0 spiro atoms. The first-order valence-electron chi connectivity index (χ1n) is 12.3. The van der Waals surface area contributed by atoms with E-state index in [2.05, 4.69) is 10.1 Å². The molecule has 1 atom stereocenters. The molecule has 8 nitrogen and oxygen atoms in total. The number of aliphatic carboxylic acids is 1. The Morgan fingerprint density at radius 3 is 2.50 bits per heavy atom. The third kappa shape index (κ3) is 4.68. The van der Waals surface area contributed by atoms with Crippen LogP contribution in [-0.4, -0.2) is 39.8 Å². The molecule has 1 amide bonds. The van der Waals surface area contributed by atoms with Gasteiger partial charge in [-0.3, -0.25) is 14.4 Å². The molecule has 3 aromatic carbocycles. The Morgan fingerprint density at radius 1 is 1.03 bits per heavy atom. The van der Waals surface area contributed by atoms with Crippen LogP contribution in [0.1, 0.15) is 42.0 Å². The van der Waals surface area contributed by atoms with Gasteiger partial charge in [0.05, 0.1) is 30.8 Å². The van der Waals surface area contributed by atoms with Crippen LogP contribution in [0.3, 0.4) is 0 Å². The molecular formula is C30H27N3O5. The molecule has 0 saturated carbocycles. The largest absolute Gasteiger partial charge is 0.496 e. The fourth-order valence-electron chi connectivity index (χ4n) is 4.99. The first-order valence-corrected chi connectivity index (χ1v) is 12.3. The number of hydrogen-bond acceptors (Lipinski definition) is 5. The average molecular weight is 510 g/mol. The lowest BCUT2D eigenvalue weighted by atomic mass is 9.90. The molecule has 5 rings (SSSR count). The fraction of sp³-hybridized carbons (Fsp3) is 0.200. The maximum atomic E-state index is 13.6. The molecule has 1 aliphatic rings. The number of hydrazone groups is 1. The van der Waals surface area contributed by atoms with Crippen molar-refractivity contribution in [1.82, 2.24) is 9.99 Å². The van der Waals surface area contributed by atoms with Gasteiger partial charge in [0.2, 0.25) is 5.91 Å². The highest BCUT2D eigenvalue weighted by molar-refractivity contribution is 6.13. The number of para-hydroxylation sites is 1. The van der Waals surface area contributed by atoms with E-state index < -0.39 is 17.9 Å². The van der Waals surface area contributed by atoms with Crippen LogP contribution in [0.4, 0.5) is 0 Å². The number of methoxy groups -OCH3 is 1. The maximum absolute atomic E-state index is 13.6. The van der Waals surface area contributed by atoms with Crippen LogP contribution in [0, 0.1) is 6.92 Å². The average Bonchev–Trinajstić information content (AvgIpc) is 3.36. The van der Waals surface area contributed by atoms with Crippen molar-refractivity contribution >= 4 is 28.5 Å². The van der Waals surface area contributed by atoms with E-state index in [9.17, 15) is 14.4 Å². The highest BCUT2D eigenvalue weighted by Crippen LogP contribution is 2.40. The molecule has 0 saturated heterocycles. The second-order valence-electron chi connectivity index (χ2n) is 9.26. The van der Waals surface area contributed by atoms with E-state index in [1.807, 2.05) is 73.7 Å². The molecule has 0 bridgehead atoms. The zero-order valence-corrected chi connectivity index (χ0v) is 21.1. The second-order valence-corrected chi connectivity index (χ2v) is 9.26. The molecular weight excluding hydrogens is 482 g/mol. The van der Waals surface area contributed by atoms with Crippen LogP contribution in [-0.2, 0) is 9.59 Å². The van der Waals surface area contributed by atoms with Gasteiger partial charge in [-0.1, -0.05) is 60.2 Å². The summed E-state index contributed by atoms with van der Waals surface area (Å²) >= 11 is 0. The Bertz CT molecular complexity index is 1620. The van der Waals surface area contributed by atoms with Gasteiger partial charge in [0.25, 0.3) is 5.56 Å². The van der Waals surface area contributed by atoms with Crippen molar-refractivity contribution in [2.75, 3.05) is 7.11 Å². The molecule has 0 fully saturated rings. The third-order valence-corrected chi connectivity index (χ3v) is 6.74. The Kier molecular flexibility index (Phi) is 6.79. The number of amides is 1. The number of aromatic amines is 1. The highest BCUT2D eigenvalue weighted by Gasteiger charge is 2.36. The third-order valence-electron chi connectivity index (χ3n) is 6.74. The van der Waals surface area contributed by atoms with Crippen molar-refractivity contribution in [3.8, 4) is 16.9 Å². The number of fused-ring (bicyclic) bond motifs is 1. The molecule has 8 heteroatoms. The predicted octanol–water partition coefficient (Wildman–Crippen LogP) is 5.05. The summed E-state index contributed by atoms with van der Waals surface area (Å²) in [5.41, 5.74) is 4.61. The quantitative estimate of drug-likeness (QED) is 0.362. The van der Waals surface area contributed by atoms with E-state index in [-0.39, 0.29) is 24.8 Å². The van der Waals surface area contributed by atoms with E-state index in [1.54, 1.807) is 13.2 Å².